The monoisotopic (exact) mass is 376 g/mol. The molecule has 1 saturated heterocycles. The first-order chi connectivity index (χ1) is 12.6. The maximum atomic E-state index is 6.44. The molecule has 0 N–H and O–H groups in total. The smallest absolute Gasteiger partial charge is 0.172 e. The molecule has 1 aliphatic rings. The summed E-state index contributed by atoms with van der Waals surface area (Å²) >= 11 is 6.03. The van der Waals surface area contributed by atoms with Crippen LogP contribution in [0.5, 0.6) is 0 Å². The molecule has 1 fully saturated rings. The van der Waals surface area contributed by atoms with Gasteiger partial charge in [-0.25, -0.2) is 4.98 Å². The van der Waals surface area contributed by atoms with Crippen molar-refractivity contribution in [1.29, 1.82) is 0 Å². The summed E-state index contributed by atoms with van der Waals surface area (Å²) in [5.74, 6) is -0.553. The molecule has 5 heteroatoms. The van der Waals surface area contributed by atoms with Crippen LogP contribution in [0.25, 0.3) is 0 Å². The Morgan fingerprint density at radius 1 is 1.12 bits per heavy atom. The number of rotatable bonds is 8. The molecule has 1 aliphatic heterocycles. The molecule has 0 radical (unpaired) electrons. The van der Waals surface area contributed by atoms with E-state index in [-0.39, 0.29) is 5.41 Å². The van der Waals surface area contributed by atoms with Gasteiger partial charge in [0.2, 0.25) is 0 Å². The minimum Gasteiger partial charge on any atom is -0.349 e. The van der Waals surface area contributed by atoms with Gasteiger partial charge in [0, 0.05) is 42.2 Å². The first-order valence-electron chi connectivity index (χ1n) is 9.57. The topological polar surface area (TPSA) is 36.3 Å². The first-order valence-corrected chi connectivity index (χ1v) is 9.95. The molecule has 3 rings (SSSR count). The average molecular weight is 377 g/mol. The molecule has 1 aromatic carbocycles. The normalized spacial score (nSPS) is 18.7. The van der Waals surface area contributed by atoms with Crippen LogP contribution in [0, 0.1) is 5.41 Å². The van der Waals surface area contributed by atoms with E-state index in [1.165, 1.54) is 5.56 Å². The summed E-state index contributed by atoms with van der Waals surface area (Å²) in [4.78, 5) is 4.11. The summed E-state index contributed by atoms with van der Waals surface area (Å²) in [6.45, 7) is 6.89. The summed E-state index contributed by atoms with van der Waals surface area (Å²) in [6.07, 6.45) is 10.4. The maximum Gasteiger partial charge on any atom is 0.172 e. The highest BCUT2D eigenvalue weighted by Crippen LogP contribution is 2.39. The Hall–Kier alpha value is -1.36. The van der Waals surface area contributed by atoms with E-state index < -0.39 is 5.79 Å². The Balaban J connectivity index is 1.69. The summed E-state index contributed by atoms with van der Waals surface area (Å²) in [7, 11) is 0. The molecular formula is C21H29ClN2O2. The van der Waals surface area contributed by atoms with Gasteiger partial charge in [-0.1, -0.05) is 37.6 Å². The minimum absolute atomic E-state index is 0.147. The molecule has 2 heterocycles. The Morgan fingerprint density at radius 2 is 1.81 bits per heavy atom. The fourth-order valence-corrected chi connectivity index (χ4v) is 3.63. The van der Waals surface area contributed by atoms with Gasteiger partial charge in [0.15, 0.2) is 5.79 Å². The third-order valence-electron chi connectivity index (χ3n) is 5.70. The number of benzene rings is 1. The Kier molecular flexibility index (Phi) is 6.38. The van der Waals surface area contributed by atoms with Gasteiger partial charge in [0.25, 0.3) is 0 Å². The Labute approximate surface area is 161 Å². The van der Waals surface area contributed by atoms with Crippen molar-refractivity contribution >= 4 is 11.6 Å². The third kappa shape index (κ3) is 4.67. The number of hydrogen-bond donors (Lipinski definition) is 0. The molecule has 4 nitrogen and oxygen atoms in total. The molecule has 142 valence electrons. The Morgan fingerprint density at radius 3 is 2.38 bits per heavy atom. The standard InChI is InChI=1S/C21H29ClN2O2/c1-3-20(4-2)15-25-21(26-16-20,10-5-12-24-13-11-23-17-24)14-18-6-8-19(22)9-7-18/h6-9,11,13,17H,3-5,10,12,14-16H2,1-2H3. The van der Waals surface area contributed by atoms with Crippen molar-refractivity contribution < 1.29 is 9.47 Å². The number of aryl methyl sites for hydroxylation is 1. The molecule has 0 spiro atoms. The SMILES string of the molecule is CCC1(CC)COC(CCCn2ccnc2)(Cc2ccc(Cl)cc2)OC1. The predicted octanol–water partition coefficient (Wildman–Crippen LogP) is 5.11. The van der Waals surface area contributed by atoms with Crippen LogP contribution >= 0.6 is 11.6 Å². The molecule has 0 amide bonds. The highest BCUT2D eigenvalue weighted by atomic mass is 35.5. The lowest BCUT2D eigenvalue weighted by atomic mass is 9.82. The van der Waals surface area contributed by atoms with Gasteiger partial charge in [-0.05, 0) is 37.0 Å². The molecule has 1 aromatic heterocycles. The molecule has 2 aromatic rings. The lowest BCUT2D eigenvalue weighted by molar-refractivity contribution is -0.307. The van der Waals surface area contributed by atoms with Crippen LogP contribution in [0.3, 0.4) is 0 Å². The number of nitrogens with zero attached hydrogens (tertiary/aromatic N) is 2. The summed E-state index contributed by atoms with van der Waals surface area (Å²) < 4.78 is 15.0. The van der Waals surface area contributed by atoms with E-state index in [1.54, 1.807) is 0 Å². The molecule has 0 unspecified atom stereocenters. The van der Waals surface area contributed by atoms with E-state index >= 15 is 0 Å². The largest absolute Gasteiger partial charge is 0.349 e. The van der Waals surface area contributed by atoms with Crippen LogP contribution in [-0.4, -0.2) is 28.6 Å². The Bertz CT molecular complexity index is 656. The van der Waals surface area contributed by atoms with Gasteiger partial charge in [-0.3, -0.25) is 0 Å². The number of halogens is 1. The van der Waals surface area contributed by atoms with E-state index in [0.29, 0.717) is 0 Å². The van der Waals surface area contributed by atoms with Gasteiger partial charge in [0.05, 0.1) is 19.5 Å². The second-order valence-corrected chi connectivity index (χ2v) is 7.84. The number of ether oxygens (including phenoxy) is 2. The van der Waals surface area contributed by atoms with Crippen LogP contribution in [0.4, 0.5) is 0 Å². The van der Waals surface area contributed by atoms with Crippen LogP contribution < -0.4 is 0 Å². The van der Waals surface area contributed by atoms with E-state index in [4.69, 9.17) is 21.1 Å². The van der Waals surface area contributed by atoms with Crippen molar-refractivity contribution in [2.45, 2.75) is 58.3 Å². The van der Waals surface area contributed by atoms with E-state index in [1.807, 2.05) is 30.9 Å². The van der Waals surface area contributed by atoms with E-state index in [2.05, 4.69) is 35.5 Å². The molecule has 0 saturated carbocycles. The van der Waals surface area contributed by atoms with Gasteiger partial charge in [-0.15, -0.1) is 0 Å². The van der Waals surface area contributed by atoms with Crippen molar-refractivity contribution in [3.05, 3.63) is 53.6 Å². The fraction of sp³-hybridized carbons (Fsp3) is 0.571. The summed E-state index contributed by atoms with van der Waals surface area (Å²) in [6, 6.07) is 7.99. The lowest BCUT2D eigenvalue weighted by Crippen LogP contribution is -2.50. The summed E-state index contributed by atoms with van der Waals surface area (Å²) in [5, 5.41) is 0.754. The van der Waals surface area contributed by atoms with Crippen molar-refractivity contribution in [2.24, 2.45) is 5.41 Å². The first kappa shape index (κ1) is 19.4. The average Bonchev–Trinajstić information content (AvgIpc) is 3.18. The van der Waals surface area contributed by atoms with Crippen molar-refractivity contribution in [2.75, 3.05) is 13.2 Å². The lowest BCUT2D eigenvalue weighted by Gasteiger charge is -2.46. The molecule has 0 aliphatic carbocycles. The van der Waals surface area contributed by atoms with Gasteiger partial charge in [-0.2, -0.15) is 0 Å². The predicted molar refractivity (Wildman–Crippen MR) is 104 cm³/mol. The van der Waals surface area contributed by atoms with E-state index in [0.717, 1.165) is 56.9 Å². The zero-order valence-corrected chi connectivity index (χ0v) is 16.5. The van der Waals surface area contributed by atoms with Gasteiger partial charge < -0.3 is 14.0 Å². The molecule has 0 atom stereocenters. The van der Waals surface area contributed by atoms with Crippen LogP contribution in [0.2, 0.25) is 5.02 Å². The van der Waals surface area contributed by atoms with Crippen molar-refractivity contribution in [1.82, 2.24) is 9.55 Å². The van der Waals surface area contributed by atoms with Crippen molar-refractivity contribution in [3.63, 3.8) is 0 Å². The second kappa shape index (κ2) is 8.55. The van der Waals surface area contributed by atoms with E-state index in [9.17, 15) is 0 Å². The van der Waals surface area contributed by atoms with Crippen LogP contribution in [-0.2, 0) is 22.4 Å². The quantitative estimate of drug-likeness (QED) is 0.642. The van der Waals surface area contributed by atoms with Crippen LogP contribution in [0.1, 0.15) is 45.1 Å². The second-order valence-electron chi connectivity index (χ2n) is 7.40. The fourth-order valence-electron chi connectivity index (χ4n) is 3.51. The number of aromatic nitrogens is 2. The van der Waals surface area contributed by atoms with Crippen LogP contribution in [0.15, 0.2) is 43.0 Å². The minimum atomic E-state index is -0.553. The highest BCUT2D eigenvalue weighted by molar-refractivity contribution is 6.30. The van der Waals surface area contributed by atoms with Gasteiger partial charge >= 0.3 is 0 Å². The van der Waals surface area contributed by atoms with Crippen molar-refractivity contribution in [3.8, 4) is 0 Å². The third-order valence-corrected chi connectivity index (χ3v) is 5.95. The highest BCUT2D eigenvalue weighted by Gasteiger charge is 2.42. The molecule has 26 heavy (non-hydrogen) atoms. The zero-order chi connectivity index (χ0) is 18.5. The maximum absolute atomic E-state index is 6.44. The number of imidazole rings is 1. The molecule has 0 bridgehead atoms. The summed E-state index contributed by atoms with van der Waals surface area (Å²) in [5.41, 5.74) is 1.34. The van der Waals surface area contributed by atoms with Gasteiger partial charge in [0.1, 0.15) is 0 Å². The number of hydrogen-bond acceptors (Lipinski definition) is 3. The molecular weight excluding hydrogens is 348 g/mol. The zero-order valence-electron chi connectivity index (χ0n) is 15.8.